The average molecular weight is 451 g/mol. The van der Waals surface area contributed by atoms with Crippen molar-refractivity contribution < 1.29 is 27.5 Å². The topological polar surface area (TPSA) is 93.2 Å². The van der Waals surface area contributed by atoms with Gasteiger partial charge >= 0.3 is 12.1 Å². The fourth-order valence-corrected chi connectivity index (χ4v) is 2.72. The van der Waals surface area contributed by atoms with Crippen LogP contribution < -0.4 is 10.6 Å². The van der Waals surface area contributed by atoms with E-state index in [1.807, 2.05) is 5.32 Å². The van der Waals surface area contributed by atoms with E-state index in [-0.39, 0.29) is 10.6 Å². The largest absolute Gasteiger partial charge is 0.452 e. The van der Waals surface area contributed by atoms with Gasteiger partial charge in [-0.05, 0) is 36.4 Å². The van der Waals surface area contributed by atoms with E-state index >= 15 is 0 Å². The number of nitrogens with one attached hydrogen (secondary N) is 2. The third-order valence-corrected chi connectivity index (χ3v) is 4.15. The lowest BCUT2D eigenvalue weighted by atomic mass is 10.1. The lowest BCUT2D eigenvalue weighted by Crippen LogP contribution is -2.23. The second-order valence-electron chi connectivity index (χ2n) is 6.06. The second kappa shape index (κ2) is 9.43. The van der Waals surface area contributed by atoms with Gasteiger partial charge in [-0.3, -0.25) is 4.79 Å². The maximum Gasteiger partial charge on any atom is 0.418 e. The molecule has 2 N–H and O–H groups in total. The predicted octanol–water partition coefficient (Wildman–Crippen LogP) is 4.69. The summed E-state index contributed by atoms with van der Waals surface area (Å²) in [5.74, 6) is -1.51. The number of nitrogens with zero attached hydrogens (tertiary/aromatic N) is 2. The highest BCUT2D eigenvalue weighted by molar-refractivity contribution is 6.34. The average Bonchev–Trinajstić information content (AvgIpc) is 2.73. The van der Waals surface area contributed by atoms with Gasteiger partial charge in [-0.1, -0.05) is 23.7 Å². The number of ether oxygens (including phenoxy) is 1. The van der Waals surface area contributed by atoms with Crippen molar-refractivity contribution in [3.05, 3.63) is 77.1 Å². The monoisotopic (exact) mass is 450 g/mol. The molecule has 3 rings (SSSR count). The van der Waals surface area contributed by atoms with Crippen molar-refractivity contribution in [3.63, 3.8) is 0 Å². The number of anilines is 3. The minimum Gasteiger partial charge on any atom is -0.452 e. The van der Waals surface area contributed by atoms with Crippen LogP contribution in [0.2, 0.25) is 5.02 Å². The molecule has 2 aromatic carbocycles. The van der Waals surface area contributed by atoms with Crippen molar-refractivity contribution in [3.8, 4) is 0 Å². The normalized spacial score (nSPS) is 11.0. The first-order valence-electron chi connectivity index (χ1n) is 8.71. The Morgan fingerprint density at radius 1 is 1.03 bits per heavy atom. The summed E-state index contributed by atoms with van der Waals surface area (Å²) < 4.78 is 44.2. The van der Waals surface area contributed by atoms with E-state index in [2.05, 4.69) is 15.3 Å². The summed E-state index contributed by atoms with van der Waals surface area (Å²) in [4.78, 5) is 32.3. The van der Waals surface area contributed by atoms with E-state index in [0.717, 1.165) is 12.1 Å². The maximum atomic E-state index is 13.1. The number of halogens is 4. The van der Waals surface area contributed by atoms with Crippen molar-refractivity contribution in [2.24, 2.45) is 0 Å². The Bertz CT molecular complexity index is 1090. The molecular formula is C20H14ClF3N4O3. The maximum absolute atomic E-state index is 13.1. The molecule has 0 atom stereocenters. The molecule has 31 heavy (non-hydrogen) atoms. The number of benzene rings is 2. The van der Waals surface area contributed by atoms with Crippen LogP contribution in [0.1, 0.15) is 15.9 Å². The smallest absolute Gasteiger partial charge is 0.418 e. The van der Waals surface area contributed by atoms with Crippen LogP contribution in [0.25, 0.3) is 0 Å². The first-order chi connectivity index (χ1) is 14.7. The third-order valence-electron chi connectivity index (χ3n) is 3.84. The molecule has 1 heterocycles. The number of alkyl halides is 3. The number of esters is 1. The van der Waals surface area contributed by atoms with E-state index < -0.39 is 35.9 Å². The summed E-state index contributed by atoms with van der Waals surface area (Å²) >= 11 is 5.78. The van der Waals surface area contributed by atoms with Crippen LogP contribution in [0.15, 0.2) is 60.9 Å². The first-order valence-corrected chi connectivity index (χ1v) is 9.08. The Balaban J connectivity index is 1.63. The molecule has 11 heteroatoms. The van der Waals surface area contributed by atoms with Gasteiger partial charge in [0.05, 0.1) is 21.8 Å². The highest BCUT2D eigenvalue weighted by atomic mass is 35.5. The number of rotatable bonds is 6. The number of amides is 1. The lowest BCUT2D eigenvalue weighted by Gasteiger charge is -2.15. The lowest BCUT2D eigenvalue weighted by molar-refractivity contribution is -0.137. The van der Waals surface area contributed by atoms with E-state index in [0.29, 0.717) is 11.6 Å². The van der Waals surface area contributed by atoms with Crippen LogP contribution in [0.3, 0.4) is 0 Å². The van der Waals surface area contributed by atoms with Gasteiger partial charge in [0, 0.05) is 18.1 Å². The van der Waals surface area contributed by atoms with Gasteiger partial charge in [-0.2, -0.15) is 13.2 Å². The Morgan fingerprint density at radius 2 is 1.74 bits per heavy atom. The van der Waals surface area contributed by atoms with Crippen LogP contribution >= 0.6 is 11.6 Å². The zero-order valence-corrected chi connectivity index (χ0v) is 16.4. The molecule has 0 unspecified atom stereocenters. The number of hydrogen-bond acceptors (Lipinski definition) is 6. The standard InChI is InChI=1S/C20H14ClF3N4O3/c21-15-7-2-6-14(20(22,23)24)17(15)28-16(29)11-31-18(30)12-4-1-5-13(10-12)27-19-25-8-3-9-26-19/h1-10H,11H2,(H,28,29)(H,25,26,27). The zero-order chi connectivity index (χ0) is 22.4. The van der Waals surface area contributed by atoms with Crippen molar-refractivity contribution >= 4 is 40.8 Å². The number of hydrogen-bond donors (Lipinski definition) is 2. The highest BCUT2D eigenvalue weighted by Gasteiger charge is 2.34. The molecule has 0 aliphatic heterocycles. The summed E-state index contributed by atoms with van der Waals surface area (Å²) in [7, 11) is 0. The minimum absolute atomic E-state index is 0.113. The van der Waals surface area contributed by atoms with Gasteiger partial charge in [-0.15, -0.1) is 0 Å². The molecule has 0 fully saturated rings. The second-order valence-corrected chi connectivity index (χ2v) is 6.47. The molecule has 7 nitrogen and oxygen atoms in total. The van der Waals surface area contributed by atoms with Crippen molar-refractivity contribution in [1.29, 1.82) is 0 Å². The SMILES string of the molecule is O=C(COC(=O)c1cccc(Nc2ncccn2)c1)Nc1c(Cl)cccc1C(F)(F)F. The molecule has 0 radical (unpaired) electrons. The zero-order valence-electron chi connectivity index (χ0n) is 15.6. The van der Waals surface area contributed by atoms with Gasteiger partial charge in [0.1, 0.15) is 0 Å². The Kier molecular flexibility index (Phi) is 6.71. The summed E-state index contributed by atoms with van der Waals surface area (Å²) in [5, 5.41) is 4.64. The van der Waals surface area contributed by atoms with Gasteiger partial charge in [0.15, 0.2) is 6.61 Å². The Labute approximate surface area is 179 Å². The van der Waals surface area contributed by atoms with Gasteiger partial charge in [0.2, 0.25) is 5.95 Å². The minimum atomic E-state index is -4.72. The third kappa shape index (κ3) is 5.92. The fraction of sp³-hybridized carbons (Fsp3) is 0.100. The molecule has 0 spiro atoms. The molecular weight excluding hydrogens is 437 g/mol. The molecule has 0 saturated carbocycles. The van der Waals surface area contributed by atoms with Gasteiger partial charge in [0.25, 0.3) is 5.91 Å². The number of carbonyl (C=O) groups is 2. The molecule has 0 saturated heterocycles. The van der Waals surface area contributed by atoms with Crippen molar-refractivity contribution in [2.75, 3.05) is 17.2 Å². The molecule has 1 amide bonds. The van der Waals surface area contributed by atoms with E-state index in [4.69, 9.17) is 16.3 Å². The van der Waals surface area contributed by atoms with Gasteiger partial charge in [-0.25, -0.2) is 14.8 Å². The van der Waals surface area contributed by atoms with Crippen LogP contribution in [-0.4, -0.2) is 28.5 Å². The number of carbonyl (C=O) groups excluding carboxylic acids is 2. The highest BCUT2D eigenvalue weighted by Crippen LogP contribution is 2.38. The van der Waals surface area contributed by atoms with Crippen LogP contribution in [0.5, 0.6) is 0 Å². The summed E-state index contributed by atoms with van der Waals surface area (Å²) in [6, 6.07) is 10.9. The molecule has 1 aromatic heterocycles. The molecule has 3 aromatic rings. The first kappa shape index (κ1) is 22.0. The van der Waals surface area contributed by atoms with Crippen LogP contribution in [0, 0.1) is 0 Å². The number of aromatic nitrogens is 2. The Morgan fingerprint density at radius 3 is 2.45 bits per heavy atom. The van der Waals surface area contributed by atoms with Crippen LogP contribution in [0.4, 0.5) is 30.5 Å². The number of para-hydroxylation sites is 1. The van der Waals surface area contributed by atoms with Crippen molar-refractivity contribution in [2.45, 2.75) is 6.18 Å². The van der Waals surface area contributed by atoms with Crippen LogP contribution in [-0.2, 0) is 15.7 Å². The summed E-state index contributed by atoms with van der Waals surface area (Å²) in [6.45, 7) is -0.805. The fourth-order valence-electron chi connectivity index (χ4n) is 2.49. The molecule has 0 aliphatic carbocycles. The Hall–Kier alpha value is -3.66. The van der Waals surface area contributed by atoms with Gasteiger partial charge < -0.3 is 15.4 Å². The molecule has 0 aliphatic rings. The van der Waals surface area contributed by atoms with E-state index in [1.54, 1.807) is 18.2 Å². The van der Waals surface area contributed by atoms with Crippen molar-refractivity contribution in [1.82, 2.24) is 9.97 Å². The summed E-state index contributed by atoms with van der Waals surface area (Å²) in [6.07, 6.45) is -1.65. The predicted molar refractivity (Wildman–Crippen MR) is 107 cm³/mol. The van der Waals surface area contributed by atoms with E-state index in [1.165, 1.54) is 30.6 Å². The molecule has 0 bridgehead atoms. The van der Waals surface area contributed by atoms with E-state index in [9.17, 15) is 22.8 Å². The quantitative estimate of drug-likeness (QED) is 0.529. The summed E-state index contributed by atoms with van der Waals surface area (Å²) in [5.41, 5.74) is -1.10. The molecule has 160 valence electrons.